The first-order chi connectivity index (χ1) is 9.65. The summed E-state index contributed by atoms with van der Waals surface area (Å²) in [7, 11) is 0. The van der Waals surface area contributed by atoms with Crippen molar-refractivity contribution in [3.63, 3.8) is 0 Å². The smallest absolute Gasteiger partial charge is 0.326 e. The van der Waals surface area contributed by atoms with Crippen molar-refractivity contribution in [1.82, 2.24) is 5.32 Å². The van der Waals surface area contributed by atoms with E-state index < -0.39 is 5.92 Å². The molecule has 0 spiro atoms. The highest BCUT2D eigenvalue weighted by molar-refractivity contribution is 5.95. The number of carbonyl (C=O) groups excluding carboxylic acids is 2. The summed E-state index contributed by atoms with van der Waals surface area (Å²) in [6.45, 7) is 3.86. The lowest BCUT2D eigenvalue weighted by atomic mass is 9.98. The van der Waals surface area contributed by atoms with Gasteiger partial charge >= 0.3 is 12.0 Å². The minimum Gasteiger partial charge on any atom is -0.466 e. The van der Waals surface area contributed by atoms with E-state index in [-0.39, 0.29) is 18.0 Å². The summed E-state index contributed by atoms with van der Waals surface area (Å²) in [5.74, 6) is -0.741. The molecule has 0 saturated carbocycles. The monoisotopic (exact) mass is 274 g/mol. The van der Waals surface area contributed by atoms with Gasteiger partial charge in [-0.2, -0.15) is 0 Å². The molecule has 5 heteroatoms. The van der Waals surface area contributed by atoms with Crippen LogP contribution in [0.5, 0.6) is 0 Å². The summed E-state index contributed by atoms with van der Waals surface area (Å²) in [4.78, 5) is 25.6. The highest BCUT2D eigenvalue weighted by Crippen LogP contribution is 2.24. The van der Waals surface area contributed by atoms with E-state index in [2.05, 4.69) is 5.32 Å². The van der Waals surface area contributed by atoms with Gasteiger partial charge in [0.2, 0.25) is 0 Å². The second-order valence-electron chi connectivity index (χ2n) is 4.55. The fourth-order valence-electron chi connectivity index (χ4n) is 2.19. The molecule has 0 saturated heterocycles. The zero-order chi connectivity index (χ0) is 14.5. The van der Waals surface area contributed by atoms with E-state index in [1.54, 1.807) is 31.0 Å². The molecule has 5 nitrogen and oxygen atoms in total. The van der Waals surface area contributed by atoms with Gasteiger partial charge in [0.15, 0.2) is 0 Å². The van der Waals surface area contributed by atoms with Crippen molar-refractivity contribution in [2.75, 3.05) is 11.5 Å². The largest absolute Gasteiger partial charge is 0.466 e. The van der Waals surface area contributed by atoms with Crippen LogP contribution in [-0.4, -0.2) is 24.6 Å². The molecule has 0 fully saturated rings. The standard InChI is InChI=1S/C15H18N2O3/c1-3-20-14(18)11(2)13-9-10-16-15(19)17(13)12-7-5-4-6-8-12/h4-11,13H,3H2,1-2H3,(H,16,19). The molecule has 1 heterocycles. The van der Waals surface area contributed by atoms with Crippen LogP contribution in [0, 0.1) is 5.92 Å². The van der Waals surface area contributed by atoms with E-state index >= 15 is 0 Å². The summed E-state index contributed by atoms with van der Waals surface area (Å²) >= 11 is 0. The molecule has 0 radical (unpaired) electrons. The first-order valence-corrected chi connectivity index (χ1v) is 6.63. The van der Waals surface area contributed by atoms with Gasteiger partial charge in [0.25, 0.3) is 0 Å². The van der Waals surface area contributed by atoms with Gasteiger partial charge < -0.3 is 10.1 Å². The number of hydrogen-bond acceptors (Lipinski definition) is 3. The van der Waals surface area contributed by atoms with Crippen LogP contribution in [0.1, 0.15) is 13.8 Å². The number of nitrogens with zero attached hydrogens (tertiary/aromatic N) is 1. The molecule has 1 aromatic rings. The first kappa shape index (κ1) is 14.1. The Kier molecular flexibility index (Phi) is 4.40. The van der Waals surface area contributed by atoms with Gasteiger partial charge in [-0.25, -0.2) is 4.79 Å². The van der Waals surface area contributed by atoms with Gasteiger partial charge in [-0.15, -0.1) is 0 Å². The average Bonchev–Trinajstić information content (AvgIpc) is 2.47. The van der Waals surface area contributed by atoms with E-state index in [0.717, 1.165) is 5.69 Å². The number of para-hydroxylation sites is 1. The summed E-state index contributed by atoms with van der Waals surface area (Å²) in [5, 5.41) is 2.64. The molecule has 20 heavy (non-hydrogen) atoms. The lowest BCUT2D eigenvalue weighted by molar-refractivity contribution is -0.147. The number of benzene rings is 1. The molecule has 2 rings (SSSR count). The van der Waals surface area contributed by atoms with Crippen LogP contribution in [0.4, 0.5) is 10.5 Å². The predicted molar refractivity (Wildman–Crippen MR) is 76.2 cm³/mol. The second kappa shape index (κ2) is 6.23. The Labute approximate surface area is 118 Å². The number of amides is 2. The van der Waals surface area contributed by atoms with Crippen molar-refractivity contribution >= 4 is 17.7 Å². The lowest BCUT2D eigenvalue weighted by Gasteiger charge is -2.35. The number of carbonyl (C=O) groups is 2. The minimum atomic E-state index is -0.433. The molecule has 1 aromatic carbocycles. The van der Waals surface area contributed by atoms with Crippen LogP contribution in [0.25, 0.3) is 0 Å². The number of anilines is 1. The highest BCUT2D eigenvalue weighted by Gasteiger charge is 2.34. The minimum absolute atomic E-state index is 0.250. The van der Waals surface area contributed by atoms with Crippen molar-refractivity contribution in [2.45, 2.75) is 19.9 Å². The average molecular weight is 274 g/mol. The highest BCUT2D eigenvalue weighted by atomic mass is 16.5. The molecule has 2 atom stereocenters. The summed E-state index contributed by atoms with van der Waals surface area (Å²) in [5.41, 5.74) is 0.746. The molecule has 1 aliphatic rings. The van der Waals surface area contributed by atoms with E-state index in [1.165, 1.54) is 0 Å². The van der Waals surface area contributed by atoms with Crippen molar-refractivity contribution in [1.29, 1.82) is 0 Å². The Hall–Kier alpha value is -2.30. The first-order valence-electron chi connectivity index (χ1n) is 6.63. The fraction of sp³-hybridized carbons (Fsp3) is 0.333. The number of rotatable bonds is 4. The Morgan fingerprint density at radius 2 is 2.10 bits per heavy atom. The van der Waals surface area contributed by atoms with Gasteiger partial charge in [-0.3, -0.25) is 9.69 Å². The van der Waals surface area contributed by atoms with Crippen LogP contribution in [-0.2, 0) is 9.53 Å². The molecule has 1 N–H and O–H groups in total. The number of esters is 1. The van der Waals surface area contributed by atoms with Crippen LogP contribution in [0.2, 0.25) is 0 Å². The molecule has 1 aliphatic heterocycles. The Morgan fingerprint density at radius 1 is 1.40 bits per heavy atom. The SMILES string of the molecule is CCOC(=O)C(C)C1C=CNC(=O)N1c1ccccc1. The second-order valence-corrected chi connectivity index (χ2v) is 4.55. The molecular formula is C15H18N2O3. The third kappa shape index (κ3) is 2.82. The third-order valence-corrected chi connectivity index (χ3v) is 3.22. The van der Waals surface area contributed by atoms with Crippen molar-refractivity contribution in [2.24, 2.45) is 5.92 Å². The topological polar surface area (TPSA) is 58.6 Å². The third-order valence-electron chi connectivity index (χ3n) is 3.22. The molecule has 0 aliphatic carbocycles. The van der Waals surface area contributed by atoms with E-state index in [4.69, 9.17) is 4.74 Å². The number of ether oxygens (including phenoxy) is 1. The maximum Gasteiger partial charge on any atom is 0.326 e. The van der Waals surface area contributed by atoms with Crippen molar-refractivity contribution in [3.8, 4) is 0 Å². The molecule has 2 unspecified atom stereocenters. The zero-order valence-electron chi connectivity index (χ0n) is 11.6. The van der Waals surface area contributed by atoms with Crippen molar-refractivity contribution < 1.29 is 14.3 Å². The Bertz CT molecular complexity index is 513. The maximum atomic E-state index is 12.1. The summed E-state index contributed by atoms with van der Waals surface area (Å²) in [6.07, 6.45) is 3.37. The van der Waals surface area contributed by atoms with E-state index in [9.17, 15) is 9.59 Å². The van der Waals surface area contributed by atoms with Crippen LogP contribution < -0.4 is 10.2 Å². The van der Waals surface area contributed by atoms with Gasteiger partial charge in [0.1, 0.15) is 0 Å². The Morgan fingerprint density at radius 3 is 2.75 bits per heavy atom. The maximum absolute atomic E-state index is 12.1. The summed E-state index contributed by atoms with van der Waals surface area (Å²) in [6, 6.07) is 8.66. The molecule has 0 aromatic heterocycles. The summed E-state index contributed by atoms with van der Waals surface area (Å²) < 4.78 is 5.05. The van der Waals surface area contributed by atoms with Gasteiger partial charge in [-0.05, 0) is 32.1 Å². The van der Waals surface area contributed by atoms with Gasteiger partial charge in [0, 0.05) is 11.9 Å². The fourth-order valence-corrected chi connectivity index (χ4v) is 2.19. The normalized spacial score (nSPS) is 19.4. The number of nitrogens with one attached hydrogen (secondary N) is 1. The van der Waals surface area contributed by atoms with Crippen LogP contribution in [0.15, 0.2) is 42.6 Å². The number of urea groups is 1. The molecule has 2 amide bonds. The zero-order valence-corrected chi connectivity index (χ0v) is 11.6. The molecular weight excluding hydrogens is 256 g/mol. The van der Waals surface area contributed by atoms with Gasteiger partial charge in [0.05, 0.1) is 18.6 Å². The molecule has 106 valence electrons. The Balaban J connectivity index is 2.29. The quantitative estimate of drug-likeness (QED) is 0.857. The van der Waals surface area contributed by atoms with E-state index in [0.29, 0.717) is 6.61 Å². The van der Waals surface area contributed by atoms with Crippen molar-refractivity contribution in [3.05, 3.63) is 42.6 Å². The number of hydrogen-bond donors (Lipinski definition) is 1. The van der Waals surface area contributed by atoms with Crippen LogP contribution in [0.3, 0.4) is 0 Å². The lowest BCUT2D eigenvalue weighted by Crippen LogP contribution is -2.51. The van der Waals surface area contributed by atoms with Crippen LogP contribution >= 0.6 is 0 Å². The van der Waals surface area contributed by atoms with Gasteiger partial charge in [-0.1, -0.05) is 18.2 Å². The van der Waals surface area contributed by atoms with E-state index in [1.807, 2.05) is 30.3 Å². The predicted octanol–water partition coefficient (Wildman–Crippen LogP) is 2.30. The molecule has 0 bridgehead atoms.